The Morgan fingerprint density at radius 2 is 2.05 bits per heavy atom. The van der Waals surface area contributed by atoms with Gasteiger partial charge in [0, 0.05) is 18.2 Å². The number of nitrogens with zero attached hydrogens (tertiary/aromatic N) is 2. The molecule has 0 aliphatic carbocycles. The highest BCUT2D eigenvalue weighted by Crippen LogP contribution is 2.18. The first kappa shape index (κ1) is 14.3. The van der Waals surface area contributed by atoms with Crippen molar-refractivity contribution >= 4 is 0 Å². The molecule has 0 spiro atoms. The lowest BCUT2D eigenvalue weighted by atomic mass is 10.00. The van der Waals surface area contributed by atoms with Gasteiger partial charge in [0.2, 0.25) is 5.88 Å². The van der Waals surface area contributed by atoms with E-state index in [0.29, 0.717) is 12.4 Å². The Kier molecular flexibility index (Phi) is 4.20. The molecule has 1 aromatic heterocycles. The summed E-state index contributed by atoms with van der Waals surface area (Å²) >= 11 is 0. The Hall–Kier alpha value is -2.14. The summed E-state index contributed by atoms with van der Waals surface area (Å²) in [7, 11) is 1.52. The van der Waals surface area contributed by atoms with Crippen molar-refractivity contribution in [2.24, 2.45) is 5.73 Å². The molecule has 2 N–H and O–H groups in total. The summed E-state index contributed by atoms with van der Waals surface area (Å²) in [6.45, 7) is 4.38. The second-order valence-electron chi connectivity index (χ2n) is 4.86. The third-order valence-electron chi connectivity index (χ3n) is 3.25. The fourth-order valence-electron chi connectivity index (χ4n) is 2.20. The van der Waals surface area contributed by atoms with Gasteiger partial charge in [-0.15, -0.1) is 5.10 Å². The monoisotopic (exact) mass is 273 g/mol. The Morgan fingerprint density at radius 1 is 1.30 bits per heavy atom. The molecule has 1 heterocycles. The van der Waals surface area contributed by atoms with Crippen molar-refractivity contribution < 1.29 is 4.74 Å². The van der Waals surface area contributed by atoms with E-state index in [1.54, 1.807) is 6.07 Å². The lowest BCUT2D eigenvalue weighted by Gasteiger charge is -2.16. The van der Waals surface area contributed by atoms with Gasteiger partial charge in [0.15, 0.2) is 0 Å². The van der Waals surface area contributed by atoms with Crippen LogP contribution in [0.3, 0.4) is 0 Å². The summed E-state index contributed by atoms with van der Waals surface area (Å²) in [5, 5.41) is 4.11. The normalized spacial score (nSPS) is 12.2. The average molecular weight is 273 g/mol. The molecule has 0 saturated heterocycles. The number of ether oxygens (including phenoxy) is 1. The average Bonchev–Trinajstić information content (AvgIpc) is 2.41. The molecule has 1 unspecified atom stereocenters. The topological polar surface area (TPSA) is 70.1 Å². The van der Waals surface area contributed by atoms with E-state index in [4.69, 9.17) is 10.5 Å². The molecule has 0 aliphatic heterocycles. The maximum Gasteiger partial charge on any atom is 0.267 e. The van der Waals surface area contributed by atoms with Gasteiger partial charge in [-0.1, -0.05) is 23.8 Å². The molecular weight excluding hydrogens is 254 g/mol. The number of rotatable bonds is 4. The highest BCUT2D eigenvalue weighted by atomic mass is 16.5. The minimum atomic E-state index is -0.284. The Balaban J connectivity index is 2.27. The van der Waals surface area contributed by atoms with E-state index in [0.717, 1.165) is 11.1 Å². The van der Waals surface area contributed by atoms with Crippen molar-refractivity contribution in [1.82, 2.24) is 9.78 Å². The van der Waals surface area contributed by atoms with Crippen molar-refractivity contribution in [1.29, 1.82) is 0 Å². The van der Waals surface area contributed by atoms with E-state index in [2.05, 4.69) is 11.2 Å². The Labute approximate surface area is 118 Å². The quantitative estimate of drug-likeness (QED) is 0.918. The summed E-state index contributed by atoms with van der Waals surface area (Å²) in [5.41, 5.74) is 9.34. The predicted octanol–water partition coefficient (Wildman–Crippen LogP) is 1.57. The zero-order valence-electron chi connectivity index (χ0n) is 12.0. The predicted molar refractivity (Wildman–Crippen MR) is 77.9 cm³/mol. The van der Waals surface area contributed by atoms with Gasteiger partial charge in [-0.25, -0.2) is 4.68 Å². The second kappa shape index (κ2) is 5.88. The largest absolute Gasteiger partial charge is 0.480 e. The molecule has 0 saturated carbocycles. The molecule has 1 atom stereocenters. The van der Waals surface area contributed by atoms with Crippen LogP contribution in [0.2, 0.25) is 0 Å². The van der Waals surface area contributed by atoms with E-state index in [1.165, 1.54) is 23.4 Å². The molecule has 2 aromatic rings. The molecule has 0 radical (unpaired) electrons. The van der Waals surface area contributed by atoms with Crippen molar-refractivity contribution in [3.05, 3.63) is 57.4 Å². The molecular formula is C15H19N3O2. The van der Waals surface area contributed by atoms with Crippen LogP contribution in [0.5, 0.6) is 5.88 Å². The van der Waals surface area contributed by atoms with Gasteiger partial charge in [-0.05, 0) is 25.0 Å². The fraction of sp³-hybridized carbons (Fsp3) is 0.333. The van der Waals surface area contributed by atoms with Crippen LogP contribution in [0.1, 0.15) is 22.7 Å². The minimum absolute atomic E-state index is 0.189. The molecule has 0 fully saturated rings. The van der Waals surface area contributed by atoms with Crippen molar-refractivity contribution in [3.63, 3.8) is 0 Å². The first-order chi connectivity index (χ1) is 9.51. The maximum atomic E-state index is 11.8. The fourth-order valence-corrected chi connectivity index (χ4v) is 2.20. The number of hydrogen-bond donors (Lipinski definition) is 1. The van der Waals surface area contributed by atoms with Crippen LogP contribution in [0.15, 0.2) is 35.1 Å². The molecule has 0 bridgehead atoms. The van der Waals surface area contributed by atoms with Gasteiger partial charge in [-0.3, -0.25) is 4.79 Å². The molecule has 1 aromatic carbocycles. The van der Waals surface area contributed by atoms with Gasteiger partial charge in [0.05, 0.1) is 13.7 Å². The number of aryl methyl sites for hydroxylation is 2. The van der Waals surface area contributed by atoms with Gasteiger partial charge < -0.3 is 10.5 Å². The molecule has 20 heavy (non-hydrogen) atoms. The number of benzene rings is 1. The van der Waals surface area contributed by atoms with Crippen LogP contribution < -0.4 is 16.0 Å². The van der Waals surface area contributed by atoms with E-state index in [9.17, 15) is 4.79 Å². The third kappa shape index (κ3) is 3.05. The highest BCUT2D eigenvalue weighted by molar-refractivity contribution is 5.32. The third-order valence-corrected chi connectivity index (χ3v) is 3.25. The van der Waals surface area contributed by atoms with Crippen LogP contribution >= 0.6 is 0 Å². The maximum absolute atomic E-state index is 11.8. The molecule has 106 valence electrons. The zero-order valence-corrected chi connectivity index (χ0v) is 12.0. The van der Waals surface area contributed by atoms with E-state index >= 15 is 0 Å². The Bertz CT molecular complexity index is 664. The van der Waals surface area contributed by atoms with Gasteiger partial charge in [0.25, 0.3) is 5.56 Å². The highest BCUT2D eigenvalue weighted by Gasteiger charge is 2.12. The minimum Gasteiger partial charge on any atom is -0.480 e. The van der Waals surface area contributed by atoms with E-state index in [1.807, 2.05) is 26.0 Å². The Morgan fingerprint density at radius 3 is 2.70 bits per heavy atom. The standard InChI is InChI=1S/C15H19N3O2/c1-10-4-5-12(11(2)8-10)13(16)9-18-15(19)7-6-14(17-18)20-3/h4-8,13H,9,16H2,1-3H3. The van der Waals surface area contributed by atoms with Crippen molar-refractivity contribution in [2.45, 2.75) is 26.4 Å². The van der Waals surface area contributed by atoms with Crippen LogP contribution in [-0.4, -0.2) is 16.9 Å². The summed E-state index contributed by atoms with van der Waals surface area (Å²) < 4.78 is 6.36. The lowest BCUT2D eigenvalue weighted by Crippen LogP contribution is -2.28. The van der Waals surface area contributed by atoms with Crippen LogP contribution in [-0.2, 0) is 6.54 Å². The summed E-state index contributed by atoms with van der Waals surface area (Å²) in [5.74, 6) is 0.400. The van der Waals surface area contributed by atoms with E-state index in [-0.39, 0.29) is 11.6 Å². The first-order valence-electron chi connectivity index (χ1n) is 6.46. The molecule has 0 aliphatic rings. The summed E-state index contributed by atoms with van der Waals surface area (Å²) in [4.78, 5) is 11.8. The molecule has 0 amide bonds. The molecule has 5 nitrogen and oxygen atoms in total. The van der Waals surface area contributed by atoms with Gasteiger partial charge >= 0.3 is 0 Å². The SMILES string of the molecule is COc1ccc(=O)n(CC(N)c2ccc(C)cc2C)n1. The number of methoxy groups -OCH3 is 1. The van der Waals surface area contributed by atoms with E-state index < -0.39 is 0 Å². The van der Waals surface area contributed by atoms with Crippen LogP contribution in [0, 0.1) is 13.8 Å². The van der Waals surface area contributed by atoms with Crippen LogP contribution in [0.4, 0.5) is 0 Å². The van der Waals surface area contributed by atoms with Gasteiger partial charge in [0.1, 0.15) is 0 Å². The zero-order chi connectivity index (χ0) is 14.7. The second-order valence-corrected chi connectivity index (χ2v) is 4.86. The lowest BCUT2D eigenvalue weighted by molar-refractivity contribution is 0.370. The van der Waals surface area contributed by atoms with Gasteiger partial charge in [-0.2, -0.15) is 0 Å². The number of hydrogen-bond acceptors (Lipinski definition) is 4. The smallest absolute Gasteiger partial charge is 0.267 e. The first-order valence-corrected chi connectivity index (χ1v) is 6.46. The number of nitrogens with two attached hydrogens (primary N) is 1. The van der Waals surface area contributed by atoms with Crippen molar-refractivity contribution in [3.8, 4) is 5.88 Å². The summed E-state index contributed by atoms with van der Waals surface area (Å²) in [6, 6.07) is 8.79. The molecule has 2 rings (SSSR count). The number of aromatic nitrogens is 2. The molecule has 5 heteroatoms. The summed E-state index contributed by atoms with van der Waals surface area (Å²) in [6.07, 6.45) is 0. The van der Waals surface area contributed by atoms with Crippen LogP contribution in [0.25, 0.3) is 0 Å². The van der Waals surface area contributed by atoms with Crippen molar-refractivity contribution in [2.75, 3.05) is 7.11 Å².